The molecule has 0 saturated heterocycles. The third kappa shape index (κ3) is 5.80. The van der Waals surface area contributed by atoms with Gasteiger partial charge in [-0.15, -0.1) is 32.8 Å². The maximum absolute atomic E-state index is 6.49. The van der Waals surface area contributed by atoms with Crippen LogP contribution in [0.3, 0.4) is 0 Å². The Kier molecular flexibility index (Phi) is 9.02. The van der Waals surface area contributed by atoms with Crippen LogP contribution in [0, 0.1) is 0 Å². The van der Waals surface area contributed by atoms with Crippen molar-refractivity contribution in [2.24, 2.45) is 0 Å². The number of para-hydroxylation sites is 1. The zero-order chi connectivity index (χ0) is 41.7. The lowest BCUT2D eigenvalue weighted by molar-refractivity contribution is 0.669. The van der Waals surface area contributed by atoms with E-state index in [1.54, 1.807) is 0 Å². The van der Waals surface area contributed by atoms with Crippen LogP contribution in [0.5, 0.6) is 0 Å². The number of benzene rings is 7. The Morgan fingerprint density at radius 1 is 0.350 bits per heavy atom. The van der Waals surface area contributed by atoms with Crippen molar-refractivity contribution in [3.8, 4) is 51.0 Å². The van der Waals surface area contributed by atoms with Crippen molar-refractivity contribution in [2.45, 2.75) is 0 Å². The zero-order valence-corrected chi connectivity index (χ0v) is 31.9. The molecule has 0 aliphatic heterocycles. The van der Waals surface area contributed by atoms with Crippen LogP contribution in [-0.2, 0) is 0 Å². The van der Waals surface area contributed by atoms with Gasteiger partial charge in [0.15, 0.2) is 17.5 Å². The van der Waals surface area contributed by atoms with Gasteiger partial charge in [-0.1, -0.05) is 88.6 Å². The standard InChI is InChI=1S/C45H18B10N4O/c46-33-31(34(47)38(51)41(54)37(33)50)44-56-43(57-45(58-44)32-35(48)39(52)42(55)40(53)36(32)49)21-11-14-25-26-18-22(12-15-29(26)60-30(25)17-21)59-27-9-5-4-8-23(27)24-13-10-20(16-28(24)59)19-6-2-1-3-7-19/h1-18H. The molecule has 0 aliphatic carbocycles. The molecule has 10 rings (SSSR count). The molecule has 0 fully saturated rings. The molecular formula is C45H18B10N4O. The monoisotopic (exact) mass is 740 g/mol. The molecule has 60 heavy (non-hydrogen) atoms. The Bertz CT molecular complexity index is 3310. The van der Waals surface area contributed by atoms with Crippen LogP contribution in [0.1, 0.15) is 0 Å². The minimum atomic E-state index is 0.00658. The Balaban J connectivity index is 1.16. The van der Waals surface area contributed by atoms with Gasteiger partial charge in [0.05, 0.1) is 11.0 Å². The van der Waals surface area contributed by atoms with Gasteiger partial charge in [0.1, 0.15) is 89.6 Å². The summed E-state index contributed by atoms with van der Waals surface area (Å²) in [5.41, 5.74) is 7.70. The summed E-state index contributed by atoms with van der Waals surface area (Å²) in [4.78, 5) is 14.3. The van der Waals surface area contributed by atoms with Gasteiger partial charge in [0, 0.05) is 43.9 Å². The van der Waals surface area contributed by atoms with Crippen LogP contribution >= 0.6 is 0 Å². The first kappa shape index (κ1) is 38.0. The molecule has 0 N–H and O–H groups in total. The topological polar surface area (TPSA) is 56.7 Å². The molecule has 5 nitrogen and oxygen atoms in total. The number of aromatic nitrogens is 4. The molecule has 0 saturated carbocycles. The third-order valence-electron chi connectivity index (χ3n) is 11.2. The van der Waals surface area contributed by atoms with Gasteiger partial charge < -0.3 is 8.98 Å². The number of rotatable bonds is 5. The van der Waals surface area contributed by atoms with E-state index in [2.05, 4.69) is 71.3 Å². The van der Waals surface area contributed by atoms with E-state index in [4.69, 9.17) is 97.8 Å². The maximum atomic E-state index is 6.49. The van der Waals surface area contributed by atoms with Crippen molar-refractivity contribution < 1.29 is 4.42 Å². The number of nitrogens with zero attached hydrogens (tertiary/aromatic N) is 4. The number of hydrogen-bond acceptors (Lipinski definition) is 4. The predicted octanol–water partition coefficient (Wildman–Crippen LogP) is -0.526. The first-order valence-electron chi connectivity index (χ1n) is 18.8. The molecule has 15 heteroatoms. The van der Waals surface area contributed by atoms with E-state index in [0.29, 0.717) is 16.7 Å². The van der Waals surface area contributed by atoms with Crippen LogP contribution in [0.15, 0.2) is 114 Å². The molecule has 0 unspecified atom stereocenters. The fraction of sp³-hybridized carbons (Fsp3) is 0. The van der Waals surface area contributed by atoms with Crippen LogP contribution in [0.25, 0.3) is 94.7 Å². The van der Waals surface area contributed by atoms with E-state index in [1.807, 2.05) is 42.5 Å². The van der Waals surface area contributed by atoms with Gasteiger partial charge in [-0.25, -0.2) is 15.0 Å². The molecule has 0 aliphatic rings. The molecule has 7 aromatic carbocycles. The van der Waals surface area contributed by atoms with Crippen LogP contribution in [0.4, 0.5) is 0 Å². The first-order valence-corrected chi connectivity index (χ1v) is 18.8. The fourth-order valence-corrected chi connectivity index (χ4v) is 8.01. The second-order valence-electron chi connectivity index (χ2n) is 14.6. The lowest BCUT2D eigenvalue weighted by Gasteiger charge is -2.22. The van der Waals surface area contributed by atoms with E-state index in [0.717, 1.165) is 49.4 Å². The van der Waals surface area contributed by atoms with E-state index in [9.17, 15) is 0 Å². The molecule has 3 heterocycles. The van der Waals surface area contributed by atoms with E-state index >= 15 is 0 Å². The SMILES string of the molecule is [B]c1c([B])c([B])c(-c2nc(-c3ccc4c(c3)oc3ccc(-n5c6ccccc6c6ccc(-c7ccccc7)cc65)cc34)nc(-c3c([B])c([B])c([B])c([B])c3[B])n2)c([B])c1[B]. The molecular weight excluding hydrogens is 721 g/mol. The molecule has 0 amide bonds. The van der Waals surface area contributed by atoms with Crippen molar-refractivity contribution in [3.63, 3.8) is 0 Å². The molecule has 254 valence electrons. The zero-order valence-electron chi connectivity index (χ0n) is 31.9. The molecule has 0 spiro atoms. The molecule has 3 aromatic heterocycles. The van der Waals surface area contributed by atoms with E-state index in [-0.39, 0.29) is 83.2 Å². The lowest BCUT2D eigenvalue weighted by atomic mass is 9.60. The Morgan fingerprint density at radius 2 is 0.867 bits per heavy atom. The number of hydrogen-bond donors (Lipinski definition) is 0. The second-order valence-corrected chi connectivity index (χ2v) is 14.6. The van der Waals surface area contributed by atoms with Crippen molar-refractivity contribution in [1.29, 1.82) is 0 Å². The normalized spacial score (nSPS) is 11.7. The average Bonchev–Trinajstić information content (AvgIpc) is 3.81. The summed E-state index contributed by atoms with van der Waals surface area (Å²) in [6, 6.07) is 37.2. The summed E-state index contributed by atoms with van der Waals surface area (Å²) in [6.45, 7) is 0. The quantitative estimate of drug-likeness (QED) is 0.223. The number of fused-ring (bicyclic) bond motifs is 6. The van der Waals surface area contributed by atoms with Crippen molar-refractivity contribution in [2.75, 3.05) is 0 Å². The Labute approximate surface area is 359 Å². The highest BCUT2D eigenvalue weighted by Gasteiger charge is 2.22. The molecule has 10 aromatic rings. The maximum Gasteiger partial charge on any atom is 0.164 e. The second kappa shape index (κ2) is 14.2. The van der Waals surface area contributed by atoms with Gasteiger partial charge in [-0.05, 0) is 53.6 Å². The summed E-state index contributed by atoms with van der Waals surface area (Å²) in [6.07, 6.45) is 0. The Hall–Kier alpha value is -6.20. The minimum Gasteiger partial charge on any atom is -0.456 e. The van der Waals surface area contributed by atoms with Crippen molar-refractivity contribution in [1.82, 2.24) is 19.5 Å². The van der Waals surface area contributed by atoms with E-state index in [1.165, 1.54) is 0 Å². The summed E-state index contributed by atoms with van der Waals surface area (Å²) < 4.78 is 8.77. The summed E-state index contributed by atoms with van der Waals surface area (Å²) >= 11 is 0. The summed E-state index contributed by atoms with van der Waals surface area (Å²) in [7, 11) is 63.2. The third-order valence-corrected chi connectivity index (χ3v) is 11.2. The largest absolute Gasteiger partial charge is 0.456 e. The lowest BCUT2D eigenvalue weighted by Crippen LogP contribution is -2.55. The number of furan rings is 1. The van der Waals surface area contributed by atoms with Crippen LogP contribution in [0.2, 0.25) is 0 Å². The van der Waals surface area contributed by atoms with Gasteiger partial charge >= 0.3 is 0 Å². The van der Waals surface area contributed by atoms with Gasteiger partial charge in [-0.3, -0.25) is 0 Å². The van der Waals surface area contributed by atoms with Gasteiger partial charge in [0.25, 0.3) is 0 Å². The highest BCUT2D eigenvalue weighted by molar-refractivity contribution is 6.70. The smallest absolute Gasteiger partial charge is 0.164 e. The van der Waals surface area contributed by atoms with Crippen molar-refractivity contribution in [3.05, 3.63) is 109 Å². The minimum absolute atomic E-state index is 0.00658. The highest BCUT2D eigenvalue weighted by atomic mass is 16.3. The Morgan fingerprint density at radius 3 is 1.50 bits per heavy atom. The van der Waals surface area contributed by atoms with Gasteiger partial charge in [0.2, 0.25) is 0 Å². The van der Waals surface area contributed by atoms with Gasteiger partial charge in [-0.2, -0.15) is 0 Å². The van der Waals surface area contributed by atoms with Crippen LogP contribution in [-0.4, -0.2) is 98.0 Å². The van der Waals surface area contributed by atoms with Crippen LogP contribution < -0.4 is 54.6 Å². The fourth-order valence-electron chi connectivity index (χ4n) is 8.01. The summed E-state index contributed by atoms with van der Waals surface area (Å²) in [5, 5.41) is 4.10. The summed E-state index contributed by atoms with van der Waals surface area (Å²) in [5.74, 6) is 0.192. The average molecular weight is 739 g/mol. The molecule has 0 bridgehead atoms. The first-order chi connectivity index (χ1) is 28.9. The molecule has 0 atom stereocenters. The predicted molar refractivity (Wildman–Crippen MR) is 257 cm³/mol. The van der Waals surface area contributed by atoms with Crippen molar-refractivity contribution >= 4 is 177 Å². The van der Waals surface area contributed by atoms with E-state index < -0.39 is 0 Å². The highest BCUT2D eigenvalue weighted by Crippen LogP contribution is 2.38. The molecule has 20 radical (unpaired) electrons.